The van der Waals surface area contributed by atoms with Crippen molar-refractivity contribution in [2.75, 3.05) is 0 Å². The number of thiazole rings is 1. The molecule has 0 aliphatic rings. The van der Waals surface area contributed by atoms with Gasteiger partial charge in [-0.1, -0.05) is 11.3 Å². The summed E-state index contributed by atoms with van der Waals surface area (Å²) in [5.74, 6) is 0. The van der Waals surface area contributed by atoms with Crippen LogP contribution in [-0.2, 0) is 6.54 Å². The second kappa shape index (κ2) is 3.26. The molecule has 0 saturated carbocycles. The highest BCUT2D eigenvalue weighted by molar-refractivity contribution is 7.20. The molecule has 0 aliphatic carbocycles. The largest absolute Gasteiger partial charge is 0.324 e. The van der Waals surface area contributed by atoms with Crippen molar-refractivity contribution in [2.45, 2.75) is 6.54 Å². The molecule has 4 nitrogen and oxygen atoms in total. The van der Waals surface area contributed by atoms with Gasteiger partial charge in [-0.05, 0) is 0 Å². The van der Waals surface area contributed by atoms with Crippen LogP contribution >= 0.6 is 22.7 Å². The van der Waals surface area contributed by atoms with Gasteiger partial charge >= 0.3 is 0 Å². The van der Waals surface area contributed by atoms with E-state index in [1.807, 2.05) is 0 Å². The van der Waals surface area contributed by atoms with E-state index in [0.717, 1.165) is 14.9 Å². The summed E-state index contributed by atoms with van der Waals surface area (Å²) >= 11 is 3.07. The molecular weight excluding hydrogens is 192 g/mol. The van der Waals surface area contributed by atoms with Gasteiger partial charge in [0.25, 0.3) is 0 Å². The summed E-state index contributed by atoms with van der Waals surface area (Å²) in [5, 5.41) is 9.66. The molecule has 12 heavy (non-hydrogen) atoms. The topological polar surface area (TPSA) is 64.7 Å². The predicted octanol–water partition coefficient (Wildman–Crippen LogP) is 1.12. The highest BCUT2D eigenvalue weighted by Crippen LogP contribution is 2.25. The lowest BCUT2D eigenvalue weighted by molar-refractivity contribution is 0.961. The maximum atomic E-state index is 5.41. The molecule has 0 unspecified atom stereocenters. The Bertz CT molecular complexity index is 353. The third-order valence-electron chi connectivity index (χ3n) is 1.28. The Morgan fingerprint density at radius 1 is 1.42 bits per heavy atom. The average Bonchev–Trinajstić information content (AvgIpc) is 2.75. The van der Waals surface area contributed by atoms with Crippen molar-refractivity contribution >= 4 is 22.7 Å². The molecule has 0 radical (unpaired) electrons. The molecule has 62 valence electrons. The van der Waals surface area contributed by atoms with E-state index < -0.39 is 0 Å². The van der Waals surface area contributed by atoms with E-state index in [1.165, 1.54) is 11.3 Å². The van der Waals surface area contributed by atoms with Crippen LogP contribution in [0.4, 0.5) is 0 Å². The van der Waals surface area contributed by atoms with Crippen LogP contribution < -0.4 is 5.73 Å². The van der Waals surface area contributed by atoms with Gasteiger partial charge < -0.3 is 5.73 Å². The Kier molecular flexibility index (Phi) is 2.11. The Hall–Kier alpha value is -0.850. The normalized spacial score (nSPS) is 10.4. The fraction of sp³-hybridized carbons (Fsp3) is 0.167. The minimum Gasteiger partial charge on any atom is -0.324 e. The lowest BCUT2D eigenvalue weighted by Crippen LogP contribution is -1.94. The number of nitrogens with two attached hydrogens (primary N) is 1. The third kappa shape index (κ3) is 1.36. The minimum absolute atomic E-state index is 0.455. The van der Waals surface area contributed by atoms with E-state index in [0.29, 0.717) is 6.54 Å². The average molecular weight is 198 g/mol. The number of aromatic nitrogens is 3. The third-order valence-corrected chi connectivity index (χ3v) is 3.17. The summed E-state index contributed by atoms with van der Waals surface area (Å²) in [5.41, 5.74) is 7.19. The zero-order valence-electron chi connectivity index (χ0n) is 6.10. The first-order chi connectivity index (χ1) is 5.90. The summed E-state index contributed by atoms with van der Waals surface area (Å²) < 4.78 is 0. The fourth-order valence-electron chi connectivity index (χ4n) is 0.757. The zero-order chi connectivity index (χ0) is 8.39. The quantitative estimate of drug-likeness (QED) is 0.785. The molecule has 2 N–H and O–H groups in total. The second-order valence-electron chi connectivity index (χ2n) is 2.07. The lowest BCUT2D eigenvalue weighted by atomic mass is 10.6. The molecule has 0 amide bonds. The van der Waals surface area contributed by atoms with Gasteiger partial charge in [-0.25, -0.2) is 0 Å². The molecular formula is C6H6N4S2. The Balaban J connectivity index is 2.35. The van der Waals surface area contributed by atoms with Crippen LogP contribution in [0.5, 0.6) is 0 Å². The van der Waals surface area contributed by atoms with Gasteiger partial charge in [-0.15, -0.1) is 21.5 Å². The van der Waals surface area contributed by atoms with E-state index in [2.05, 4.69) is 15.2 Å². The minimum atomic E-state index is 0.455. The van der Waals surface area contributed by atoms with Crippen LogP contribution in [0.3, 0.4) is 0 Å². The van der Waals surface area contributed by atoms with Crippen LogP contribution in [0.2, 0.25) is 0 Å². The second-order valence-corrected chi connectivity index (χ2v) is 4.02. The molecule has 2 aromatic heterocycles. The molecule has 2 aromatic rings. The summed E-state index contributed by atoms with van der Waals surface area (Å²) in [7, 11) is 0. The summed E-state index contributed by atoms with van der Waals surface area (Å²) in [6.07, 6.45) is 1.78. The van der Waals surface area contributed by atoms with Gasteiger partial charge in [-0.3, -0.25) is 4.98 Å². The molecule has 0 bridgehead atoms. The van der Waals surface area contributed by atoms with Gasteiger partial charge in [-0.2, -0.15) is 0 Å². The van der Waals surface area contributed by atoms with E-state index in [1.54, 1.807) is 23.0 Å². The molecule has 0 aromatic carbocycles. The van der Waals surface area contributed by atoms with E-state index in [-0.39, 0.29) is 0 Å². The van der Waals surface area contributed by atoms with Crippen molar-refractivity contribution in [3.63, 3.8) is 0 Å². The first-order valence-electron chi connectivity index (χ1n) is 3.31. The van der Waals surface area contributed by atoms with Crippen molar-refractivity contribution in [1.82, 2.24) is 15.2 Å². The molecule has 6 heteroatoms. The van der Waals surface area contributed by atoms with Crippen LogP contribution in [0.1, 0.15) is 5.01 Å². The van der Waals surface area contributed by atoms with Crippen molar-refractivity contribution in [1.29, 1.82) is 0 Å². The summed E-state index contributed by atoms with van der Waals surface area (Å²) in [4.78, 5) is 5.01. The standard InChI is InChI=1S/C6H6N4S2/c7-1-5-9-10-6(12-5)4-2-8-3-11-4/h2-3H,1,7H2. The van der Waals surface area contributed by atoms with E-state index >= 15 is 0 Å². The SMILES string of the molecule is NCc1nnc(-c2cncs2)s1. The molecule has 2 heterocycles. The Morgan fingerprint density at radius 2 is 2.33 bits per heavy atom. The highest BCUT2D eigenvalue weighted by atomic mass is 32.1. The van der Waals surface area contributed by atoms with Crippen LogP contribution in [-0.4, -0.2) is 15.2 Å². The molecule has 0 fully saturated rings. The van der Waals surface area contributed by atoms with Gasteiger partial charge in [0.2, 0.25) is 0 Å². The van der Waals surface area contributed by atoms with Gasteiger partial charge in [0.15, 0.2) is 5.01 Å². The van der Waals surface area contributed by atoms with Gasteiger partial charge in [0.1, 0.15) is 5.01 Å². The first kappa shape index (κ1) is 7.78. The van der Waals surface area contributed by atoms with Gasteiger partial charge in [0, 0.05) is 12.7 Å². The number of hydrogen-bond donors (Lipinski definition) is 1. The van der Waals surface area contributed by atoms with Crippen molar-refractivity contribution < 1.29 is 0 Å². The van der Waals surface area contributed by atoms with Crippen molar-refractivity contribution in [3.8, 4) is 9.88 Å². The molecule has 0 spiro atoms. The van der Waals surface area contributed by atoms with Gasteiger partial charge in [0.05, 0.1) is 10.4 Å². The van der Waals surface area contributed by atoms with Crippen LogP contribution in [0.25, 0.3) is 9.88 Å². The molecule has 0 saturated heterocycles. The Labute approximate surface area is 77.1 Å². The van der Waals surface area contributed by atoms with Crippen molar-refractivity contribution in [2.24, 2.45) is 5.73 Å². The monoisotopic (exact) mass is 198 g/mol. The number of rotatable bonds is 2. The maximum absolute atomic E-state index is 5.41. The van der Waals surface area contributed by atoms with Crippen LogP contribution in [0.15, 0.2) is 11.7 Å². The Morgan fingerprint density at radius 3 is 2.92 bits per heavy atom. The molecule has 2 rings (SSSR count). The van der Waals surface area contributed by atoms with Crippen molar-refractivity contribution in [3.05, 3.63) is 16.7 Å². The summed E-state index contributed by atoms with van der Waals surface area (Å²) in [6, 6.07) is 0. The molecule has 0 aliphatic heterocycles. The lowest BCUT2D eigenvalue weighted by Gasteiger charge is -1.82. The van der Waals surface area contributed by atoms with E-state index in [4.69, 9.17) is 5.73 Å². The first-order valence-corrected chi connectivity index (χ1v) is 5.01. The smallest absolute Gasteiger partial charge is 0.159 e. The number of hydrogen-bond acceptors (Lipinski definition) is 6. The van der Waals surface area contributed by atoms with E-state index in [9.17, 15) is 0 Å². The predicted molar refractivity (Wildman–Crippen MR) is 48.9 cm³/mol. The maximum Gasteiger partial charge on any atom is 0.159 e. The zero-order valence-corrected chi connectivity index (χ0v) is 7.73. The fourth-order valence-corrected chi connectivity index (χ4v) is 2.15. The van der Waals surface area contributed by atoms with Crippen LogP contribution in [0, 0.1) is 0 Å². The summed E-state index contributed by atoms with van der Waals surface area (Å²) in [6.45, 7) is 0.455. The highest BCUT2D eigenvalue weighted by Gasteiger charge is 2.05. The molecule has 0 atom stereocenters. The number of nitrogens with zero attached hydrogens (tertiary/aromatic N) is 3.